The van der Waals surface area contributed by atoms with E-state index >= 15 is 0 Å². The number of amidine groups is 1. The van der Waals surface area contributed by atoms with E-state index in [2.05, 4.69) is 15.0 Å². The van der Waals surface area contributed by atoms with Gasteiger partial charge >= 0.3 is 0 Å². The highest BCUT2D eigenvalue weighted by Gasteiger charge is 2.22. The number of ether oxygens (including phenoxy) is 1. The number of carbonyl (C=O) groups excluding carboxylic acids is 1. The molecule has 3 aromatic rings. The summed E-state index contributed by atoms with van der Waals surface area (Å²) in [4.78, 5) is 16.6. The number of anilines is 1. The SMILES string of the molecule is O=C(COc1ccc(F)c(Cl)c1)Nc1ccc(S(=O)(=O)NC2=NCCS2)c2ccccc12. The van der Waals surface area contributed by atoms with Gasteiger partial charge in [-0.3, -0.25) is 14.5 Å². The third-order valence-corrected chi connectivity index (χ3v) is 7.22. The van der Waals surface area contributed by atoms with Gasteiger partial charge in [-0.05, 0) is 24.3 Å². The van der Waals surface area contributed by atoms with Crippen molar-refractivity contribution in [2.24, 2.45) is 4.99 Å². The van der Waals surface area contributed by atoms with E-state index in [1.54, 1.807) is 24.3 Å². The molecule has 0 saturated heterocycles. The summed E-state index contributed by atoms with van der Waals surface area (Å²) < 4.78 is 46.9. The lowest BCUT2D eigenvalue weighted by Crippen LogP contribution is -2.28. The monoisotopic (exact) mass is 493 g/mol. The van der Waals surface area contributed by atoms with Crippen molar-refractivity contribution in [2.45, 2.75) is 4.90 Å². The van der Waals surface area contributed by atoms with Gasteiger partial charge in [0.05, 0.1) is 16.5 Å². The van der Waals surface area contributed by atoms with Crippen molar-refractivity contribution in [1.29, 1.82) is 0 Å². The second kappa shape index (κ2) is 9.35. The minimum Gasteiger partial charge on any atom is -0.484 e. The number of amides is 1. The summed E-state index contributed by atoms with van der Waals surface area (Å²) in [5.41, 5.74) is 0.429. The number of aliphatic imine (C=N–C) groups is 1. The van der Waals surface area contributed by atoms with Crippen molar-refractivity contribution in [2.75, 3.05) is 24.2 Å². The molecule has 1 amide bonds. The topological polar surface area (TPSA) is 96.9 Å². The van der Waals surface area contributed by atoms with Gasteiger partial charge in [0.25, 0.3) is 15.9 Å². The first-order chi connectivity index (χ1) is 15.3. The number of halogens is 2. The maximum Gasteiger partial charge on any atom is 0.264 e. The summed E-state index contributed by atoms with van der Waals surface area (Å²) in [5, 5.41) is 3.98. The summed E-state index contributed by atoms with van der Waals surface area (Å²) in [6.45, 7) is 0.232. The molecule has 1 aliphatic rings. The highest BCUT2D eigenvalue weighted by atomic mass is 35.5. The van der Waals surface area contributed by atoms with Gasteiger partial charge in [0, 0.05) is 28.3 Å². The van der Waals surface area contributed by atoms with Crippen LogP contribution in [0.25, 0.3) is 10.8 Å². The van der Waals surface area contributed by atoms with E-state index in [9.17, 15) is 17.6 Å². The van der Waals surface area contributed by atoms with Gasteiger partial charge in [0.1, 0.15) is 11.6 Å². The Morgan fingerprint density at radius 3 is 2.66 bits per heavy atom. The number of hydrogen-bond donors (Lipinski definition) is 2. The van der Waals surface area contributed by atoms with Crippen molar-refractivity contribution in [3.63, 3.8) is 0 Å². The van der Waals surface area contributed by atoms with Crippen molar-refractivity contribution < 1.29 is 22.3 Å². The van der Waals surface area contributed by atoms with Crippen LogP contribution >= 0.6 is 23.4 Å². The van der Waals surface area contributed by atoms with Crippen molar-refractivity contribution in [3.8, 4) is 5.75 Å². The number of benzene rings is 3. The van der Waals surface area contributed by atoms with Crippen LogP contribution in [0.15, 0.2) is 64.5 Å². The minimum atomic E-state index is -3.85. The molecule has 4 rings (SSSR count). The van der Waals surface area contributed by atoms with E-state index in [1.807, 2.05) is 0 Å². The Morgan fingerprint density at radius 1 is 1.16 bits per heavy atom. The molecule has 0 aliphatic carbocycles. The molecule has 1 heterocycles. The van der Waals surface area contributed by atoms with Gasteiger partial charge in [-0.1, -0.05) is 47.6 Å². The molecular formula is C21H17ClFN3O4S2. The molecular weight excluding hydrogens is 477 g/mol. The average Bonchev–Trinajstić information content (AvgIpc) is 3.27. The lowest BCUT2D eigenvalue weighted by atomic mass is 10.1. The van der Waals surface area contributed by atoms with Crippen molar-refractivity contribution in [3.05, 3.63) is 65.4 Å². The summed E-state index contributed by atoms with van der Waals surface area (Å²) in [6.07, 6.45) is 0. The normalized spacial score (nSPS) is 13.6. The maximum atomic E-state index is 13.2. The molecule has 166 valence electrons. The predicted octanol–water partition coefficient (Wildman–Crippen LogP) is 4.03. The number of rotatable bonds is 6. The summed E-state index contributed by atoms with van der Waals surface area (Å²) in [7, 11) is -3.85. The molecule has 0 bridgehead atoms. The molecule has 0 fully saturated rings. The lowest BCUT2D eigenvalue weighted by Gasteiger charge is -2.14. The third-order valence-electron chi connectivity index (χ3n) is 4.52. The van der Waals surface area contributed by atoms with Crippen LogP contribution in [0, 0.1) is 5.82 Å². The molecule has 11 heteroatoms. The third kappa shape index (κ3) is 4.98. The molecule has 0 aromatic heterocycles. The highest BCUT2D eigenvalue weighted by Crippen LogP contribution is 2.30. The number of fused-ring (bicyclic) bond motifs is 1. The maximum absolute atomic E-state index is 13.2. The predicted molar refractivity (Wildman–Crippen MR) is 125 cm³/mol. The van der Waals surface area contributed by atoms with Crippen LogP contribution in [0.4, 0.5) is 10.1 Å². The fourth-order valence-electron chi connectivity index (χ4n) is 3.08. The van der Waals surface area contributed by atoms with Crippen LogP contribution in [0.3, 0.4) is 0 Å². The molecule has 0 saturated carbocycles. The highest BCUT2D eigenvalue weighted by molar-refractivity contribution is 8.15. The van der Waals surface area contributed by atoms with Gasteiger partial charge in [-0.25, -0.2) is 12.8 Å². The second-order valence-corrected chi connectivity index (χ2v) is 9.85. The second-order valence-electron chi connectivity index (χ2n) is 6.71. The summed E-state index contributed by atoms with van der Waals surface area (Å²) in [5.74, 6) is -0.0776. The average molecular weight is 494 g/mol. The molecule has 32 heavy (non-hydrogen) atoms. The van der Waals surface area contributed by atoms with E-state index in [1.165, 1.54) is 36.0 Å². The van der Waals surface area contributed by atoms with E-state index in [4.69, 9.17) is 16.3 Å². The van der Waals surface area contributed by atoms with Crippen LogP contribution in [0.1, 0.15) is 0 Å². The summed E-state index contributed by atoms with van der Waals surface area (Å²) >= 11 is 7.06. The van der Waals surface area contributed by atoms with Crippen LogP contribution in [0.5, 0.6) is 5.75 Å². The largest absolute Gasteiger partial charge is 0.484 e. The van der Waals surface area contributed by atoms with E-state index < -0.39 is 21.7 Å². The van der Waals surface area contributed by atoms with Crippen molar-refractivity contribution in [1.82, 2.24) is 4.72 Å². The quantitative estimate of drug-likeness (QED) is 0.540. The zero-order valence-electron chi connectivity index (χ0n) is 16.5. The molecule has 2 N–H and O–H groups in total. The first-order valence-corrected chi connectivity index (χ1v) is 12.3. The van der Waals surface area contributed by atoms with Gasteiger partial charge in [0.15, 0.2) is 11.8 Å². The number of sulfonamides is 1. The van der Waals surface area contributed by atoms with Crippen LogP contribution in [-0.2, 0) is 14.8 Å². The summed E-state index contributed by atoms with van der Waals surface area (Å²) in [6, 6.07) is 13.6. The zero-order chi connectivity index (χ0) is 22.7. The van der Waals surface area contributed by atoms with Gasteiger partial charge in [-0.15, -0.1) is 0 Å². The molecule has 0 unspecified atom stereocenters. The Labute approximate surface area is 193 Å². The Kier molecular flexibility index (Phi) is 6.54. The standard InChI is InChI=1S/C21H17ClFN3O4S2/c22-16-11-13(5-6-17(16)23)30-12-20(27)25-18-7-8-19(15-4-2-1-3-14(15)18)32(28,29)26-21-24-9-10-31-21/h1-8,11H,9-10,12H2,(H,24,26)(H,25,27). The molecule has 3 aromatic carbocycles. The fourth-order valence-corrected chi connectivity index (χ4v) is 5.50. The number of nitrogens with zero attached hydrogens (tertiary/aromatic N) is 1. The number of carbonyl (C=O) groups is 1. The Bertz CT molecular complexity index is 1330. The van der Waals surface area contributed by atoms with Crippen LogP contribution < -0.4 is 14.8 Å². The number of hydrogen-bond acceptors (Lipinski definition) is 6. The Balaban J connectivity index is 1.54. The van der Waals surface area contributed by atoms with E-state index in [0.29, 0.717) is 28.2 Å². The first-order valence-electron chi connectivity index (χ1n) is 9.43. The Hall–Kier alpha value is -2.82. The lowest BCUT2D eigenvalue weighted by molar-refractivity contribution is -0.118. The van der Waals surface area contributed by atoms with Crippen LogP contribution in [-0.4, -0.2) is 38.4 Å². The molecule has 0 atom stereocenters. The van der Waals surface area contributed by atoms with Gasteiger partial charge < -0.3 is 10.1 Å². The van der Waals surface area contributed by atoms with Crippen LogP contribution in [0.2, 0.25) is 5.02 Å². The van der Waals surface area contributed by atoms with E-state index in [0.717, 1.165) is 11.8 Å². The molecule has 7 nitrogen and oxygen atoms in total. The van der Waals surface area contributed by atoms with E-state index in [-0.39, 0.29) is 22.3 Å². The first kappa shape index (κ1) is 22.4. The van der Waals surface area contributed by atoms with Crippen molar-refractivity contribution >= 4 is 60.9 Å². The fraction of sp³-hybridized carbons (Fsp3) is 0.143. The zero-order valence-corrected chi connectivity index (χ0v) is 18.9. The number of thioether (sulfide) groups is 1. The minimum absolute atomic E-state index is 0.0819. The molecule has 1 aliphatic heterocycles. The smallest absolute Gasteiger partial charge is 0.264 e. The molecule has 0 spiro atoms. The van der Waals surface area contributed by atoms with Gasteiger partial charge in [0.2, 0.25) is 0 Å². The Morgan fingerprint density at radius 2 is 1.94 bits per heavy atom. The van der Waals surface area contributed by atoms with Gasteiger partial charge in [-0.2, -0.15) is 0 Å². The molecule has 0 radical (unpaired) electrons. The number of nitrogens with one attached hydrogen (secondary N) is 2.